The van der Waals surface area contributed by atoms with Gasteiger partial charge in [0.25, 0.3) is 0 Å². The highest BCUT2D eigenvalue weighted by Crippen LogP contribution is 2.00. The van der Waals surface area contributed by atoms with Gasteiger partial charge in [-0.2, -0.15) is 0 Å². The van der Waals surface area contributed by atoms with Crippen LogP contribution in [0.25, 0.3) is 0 Å². The summed E-state index contributed by atoms with van der Waals surface area (Å²) in [6, 6.07) is -3.96. The predicted octanol–water partition coefficient (Wildman–Crippen LogP) is -4.21. The fraction of sp³-hybridized carbons (Fsp3) is 0.692. The van der Waals surface area contributed by atoms with Crippen molar-refractivity contribution in [2.24, 2.45) is 22.2 Å². The van der Waals surface area contributed by atoms with Crippen molar-refractivity contribution in [3.63, 3.8) is 0 Å². The zero-order valence-corrected chi connectivity index (χ0v) is 13.9. The van der Waals surface area contributed by atoms with Crippen molar-refractivity contribution in [1.29, 1.82) is 0 Å². The van der Waals surface area contributed by atoms with E-state index in [0.717, 1.165) is 0 Å². The molecule has 11 N–H and O–H groups in total. The van der Waals surface area contributed by atoms with Gasteiger partial charge < -0.3 is 43.2 Å². The van der Waals surface area contributed by atoms with Gasteiger partial charge in [-0.3, -0.25) is 14.6 Å². The first-order valence-corrected chi connectivity index (χ1v) is 7.53. The number of nitrogens with two attached hydrogens (primary N) is 3. The Balaban J connectivity index is 4.68. The number of nitrogens with one attached hydrogen (secondary N) is 2. The number of aliphatic hydroxyl groups excluding tert-OH is 2. The molecule has 144 valence electrons. The molecule has 0 aliphatic rings. The topological polar surface area (TPSA) is 226 Å². The largest absolute Gasteiger partial charge is 0.480 e. The molecule has 0 saturated heterocycles. The third-order valence-corrected chi connectivity index (χ3v) is 3.16. The van der Waals surface area contributed by atoms with Crippen molar-refractivity contribution >= 4 is 23.7 Å². The van der Waals surface area contributed by atoms with Crippen LogP contribution < -0.4 is 27.8 Å². The minimum absolute atomic E-state index is 0.0827. The van der Waals surface area contributed by atoms with Crippen LogP contribution in [0.15, 0.2) is 4.99 Å². The lowest BCUT2D eigenvalue weighted by atomic mass is 10.1. The van der Waals surface area contributed by atoms with Crippen LogP contribution in [0.3, 0.4) is 0 Å². The molecular weight excluding hydrogens is 336 g/mol. The molecule has 12 nitrogen and oxygen atoms in total. The van der Waals surface area contributed by atoms with E-state index in [2.05, 4.69) is 10.3 Å². The van der Waals surface area contributed by atoms with Crippen LogP contribution in [-0.2, 0) is 14.4 Å². The average molecular weight is 362 g/mol. The lowest BCUT2D eigenvalue weighted by Crippen LogP contribution is -2.58. The Kier molecular flexibility index (Phi) is 10.1. The highest BCUT2D eigenvalue weighted by Gasteiger charge is 2.30. The fourth-order valence-electron chi connectivity index (χ4n) is 1.76. The highest BCUT2D eigenvalue weighted by atomic mass is 16.4. The van der Waals surface area contributed by atoms with Gasteiger partial charge in [0.05, 0.1) is 18.8 Å². The minimum Gasteiger partial charge on any atom is -0.480 e. The second kappa shape index (κ2) is 11.2. The summed E-state index contributed by atoms with van der Waals surface area (Å²) in [6.45, 7) is 0.676. The standard InChI is InChI=1S/C13H26N6O6/c1-6(21)9(11(23)18-8(5-20)12(24)25)19-10(22)7(14)3-2-4-17-13(15)16/h6-9,20-21H,2-5,14H2,1H3,(H,18,23)(H,19,22)(H,24,25)(H4,15,16,17). The molecule has 0 bridgehead atoms. The summed E-state index contributed by atoms with van der Waals surface area (Å²) in [5.74, 6) is -3.21. The van der Waals surface area contributed by atoms with Gasteiger partial charge in [0.1, 0.15) is 12.1 Å². The van der Waals surface area contributed by atoms with Crippen molar-refractivity contribution in [3.05, 3.63) is 0 Å². The van der Waals surface area contributed by atoms with E-state index in [4.69, 9.17) is 27.4 Å². The maximum absolute atomic E-state index is 12.0. The normalized spacial score (nSPS) is 15.4. The van der Waals surface area contributed by atoms with E-state index >= 15 is 0 Å². The van der Waals surface area contributed by atoms with Crippen LogP contribution in [0.2, 0.25) is 0 Å². The number of carbonyl (C=O) groups is 3. The third kappa shape index (κ3) is 8.83. The van der Waals surface area contributed by atoms with E-state index < -0.39 is 48.6 Å². The monoisotopic (exact) mass is 362 g/mol. The molecule has 0 rings (SSSR count). The number of amides is 2. The average Bonchev–Trinajstić information content (AvgIpc) is 2.52. The Bertz CT molecular complexity index is 493. The molecule has 0 aliphatic carbocycles. The maximum atomic E-state index is 12.0. The molecule has 0 aromatic heterocycles. The summed E-state index contributed by atoms with van der Waals surface area (Å²) < 4.78 is 0. The Morgan fingerprint density at radius 1 is 1.16 bits per heavy atom. The van der Waals surface area contributed by atoms with Gasteiger partial charge in [-0.05, 0) is 19.8 Å². The SMILES string of the molecule is CC(O)C(NC(=O)C(N)CCCN=C(N)N)C(=O)NC(CO)C(=O)O. The number of hydrogen-bond donors (Lipinski definition) is 8. The first kappa shape index (κ1) is 22.6. The van der Waals surface area contributed by atoms with Gasteiger partial charge >= 0.3 is 5.97 Å². The molecule has 0 radical (unpaired) electrons. The summed E-state index contributed by atoms with van der Waals surface area (Å²) in [7, 11) is 0. The molecule has 4 unspecified atom stereocenters. The molecule has 0 aliphatic heterocycles. The van der Waals surface area contributed by atoms with Crippen LogP contribution in [0.4, 0.5) is 0 Å². The number of carboxylic acids is 1. The van der Waals surface area contributed by atoms with E-state index in [-0.39, 0.29) is 18.9 Å². The lowest BCUT2D eigenvalue weighted by Gasteiger charge is -2.24. The van der Waals surface area contributed by atoms with E-state index in [1.54, 1.807) is 0 Å². The summed E-state index contributed by atoms with van der Waals surface area (Å²) in [5.41, 5.74) is 16.0. The van der Waals surface area contributed by atoms with E-state index in [9.17, 15) is 19.5 Å². The van der Waals surface area contributed by atoms with E-state index in [0.29, 0.717) is 6.42 Å². The molecule has 0 spiro atoms. The number of guanidine groups is 1. The Morgan fingerprint density at radius 3 is 2.20 bits per heavy atom. The zero-order valence-electron chi connectivity index (χ0n) is 13.9. The molecular formula is C13H26N6O6. The minimum atomic E-state index is -1.56. The van der Waals surface area contributed by atoms with E-state index in [1.165, 1.54) is 6.92 Å². The summed E-state index contributed by atoms with van der Waals surface area (Å²) in [5, 5.41) is 31.6. The summed E-state index contributed by atoms with van der Waals surface area (Å²) >= 11 is 0. The van der Waals surface area contributed by atoms with E-state index in [1.807, 2.05) is 5.32 Å². The highest BCUT2D eigenvalue weighted by molar-refractivity contribution is 5.92. The van der Waals surface area contributed by atoms with Gasteiger partial charge in [0, 0.05) is 6.54 Å². The summed E-state index contributed by atoms with van der Waals surface area (Å²) in [4.78, 5) is 38.6. The van der Waals surface area contributed by atoms with Crippen molar-refractivity contribution in [2.75, 3.05) is 13.2 Å². The Labute approximate surface area is 144 Å². The lowest BCUT2D eigenvalue weighted by molar-refractivity contribution is -0.144. The second-order valence-electron chi connectivity index (χ2n) is 5.36. The number of carboxylic acid groups (broad SMARTS) is 1. The van der Waals surface area contributed by atoms with Crippen molar-refractivity contribution in [1.82, 2.24) is 10.6 Å². The first-order valence-electron chi connectivity index (χ1n) is 7.53. The number of rotatable bonds is 11. The van der Waals surface area contributed by atoms with Gasteiger partial charge in [-0.15, -0.1) is 0 Å². The van der Waals surface area contributed by atoms with Gasteiger partial charge in [-0.1, -0.05) is 0 Å². The molecule has 2 amide bonds. The van der Waals surface area contributed by atoms with Gasteiger partial charge in [-0.25, -0.2) is 4.79 Å². The zero-order chi connectivity index (χ0) is 19.6. The van der Waals surface area contributed by atoms with Crippen molar-refractivity contribution in [2.45, 2.75) is 44.0 Å². The first-order chi connectivity index (χ1) is 11.6. The number of hydrogen-bond acceptors (Lipinski definition) is 7. The van der Waals surface area contributed by atoms with Gasteiger partial charge in [0.2, 0.25) is 11.8 Å². The fourth-order valence-corrected chi connectivity index (χ4v) is 1.76. The number of aliphatic carboxylic acids is 1. The van der Waals surface area contributed by atoms with Crippen molar-refractivity contribution in [3.8, 4) is 0 Å². The van der Waals surface area contributed by atoms with Crippen LogP contribution in [0, 0.1) is 0 Å². The Morgan fingerprint density at radius 2 is 1.76 bits per heavy atom. The molecule has 0 aromatic rings. The van der Waals surface area contributed by atoms with Crippen molar-refractivity contribution < 1.29 is 29.7 Å². The number of aliphatic imine (C=N–C) groups is 1. The van der Waals surface area contributed by atoms with Crippen LogP contribution >= 0.6 is 0 Å². The molecule has 4 atom stereocenters. The molecule has 0 heterocycles. The predicted molar refractivity (Wildman–Crippen MR) is 88.2 cm³/mol. The number of aliphatic hydroxyl groups is 2. The second-order valence-corrected chi connectivity index (χ2v) is 5.36. The number of nitrogens with zero attached hydrogens (tertiary/aromatic N) is 1. The van der Waals surface area contributed by atoms with Gasteiger partial charge in [0.15, 0.2) is 5.96 Å². The van der Waals surface area contributed by atoms with Crippen LogP contribution in [0.1, 0.15) is 19.8 Å². The smallest absolute Gasteiger partial charge is 0.328 e. The van der Waals surface area contributed by atoms with Crippen LogP contribution in [0.5, 0.6) is 0 Å². The molecule has 25 heavy (non-hydrogen) atoms. The molecule has 0 saturated carbocycles. The maximum Gasteiger partial charge on any atom is 0.328 e. The molecule has 12 heteroatoms. The molecule has 0 aromatic carbocycles. The third-order valence-electron chi connectivity index (χ3n) is 3.16. The molecule has 0 fully saturated rings. The summed E-state index contributed by atoms with van der Waals surface area (Å²) in [6.07, 6.45) is -0.666. The Hall–Kier alpha value is -2.44. The van der Waals surface area contributed by atoms with Crippen LogP contribution in [-0.4, -0.2) is 76.4 Å². The number of carbonyl (C=O) groups excluding carboxylic acids is 2. The quantitative estimate of drug-likeness (QED) is 0.101.